The first-order chi connectivity index (χ1) is 12.6. The molecule has 1 heterocycles. The molecule has 128 valence electrons. The van der Waals surface area contributed by atoms with Gasteiger partial charge in [-0.2, -0.15) is 0 Å². The topological polar surface area (TPSA) is 41.5 Å². The van der Waals surface area contributed by atoms with Crippen molar-refractivity contribution in [2.24, 2.45) is 4.99 Å². The number of hydrogen-bond donors (Lipinski definition) is 1. The molecule has 1 unspecified atom stereocenters. The normalized spacial score (nSPS) is 20.5. The van der Waals surface area contributed by atoms with Crippen LogP contribution in [0.3, 0.4) is 0 Å². The minimum absolute atomic E-state index is 0.111. The van der Waals surface area contributed by atoms with Gasteiger partial charge in [0.2, 0.25) is 0 Å². The number of nitrogens with zero attached hydrogens (tertiary/aromatic N) is 1. The standard InChI is InChI=1S/C23H20N2O/c1-16-12-14-18(15-13-16)24-22-23(2,17-8-4-3-5-9-17)20-11-7-6-10-19(20)21(26)25-22/h3-15H,1-2H3,(H,24,25,26). The second kappa shape index (κ2) is 6.26. The van der Waals surface area contributed by atoms with Crippen molar-refractivity contribution < 1.29 is 4.79 Å². The predicted molar refractivity (Wildman–Crippen MR) is 105 cm³/mol. The quantitative estimate of drug-likeness (QED) is 0.717. The third-order valence-electron chi connectivity index (χ3n) is 5.04. The molecule has 1 aliphatic heterocycles. The van der Waals surface area contributed by atoms with Crippen LogP contribution in [0.4, 0.5) is 5.69 Å². The first kappa shape index (κ1) is 16.3. The molecule has 26 heavy (non-hydrogen) atoms. The first-order valence-electron chi connectivity index (χ1n) is 8.71. The maximum atomic E-state index is 12.7. The van der Waals surface area contributed by atoms with Crippen LogP contribution in [-0.4, -0.2) is 11.7 Å². The molecule has 1 N–H and O–H groups in total. The van der Waals surface area contributed by atoms with Gasteiger partial charge in [-0.3, -0.25) is 4.79 Å². The van der Waals surface area contributed by atoms with E-state index in [9.17, 15) is 4.79 Å². The summed E-state index contributed by atoms with van der Waals surface area (Å²) in [6, 6.07) is 26.0. The molecular weight excluding hydrogens is 320 g/mol. The Morgan fingerprint density at radius 1 is 0.846 bits per heavy atom. The summed E-state index contributed by atoms with van der Waals surface area (Å²) in [6.07, 6.45) is 0. The van der Waals surface area contributed by atoms with E-state index in [0.717, 1.165) is 16.8 Å². The largest absolute Gasteiger partial charge is 0.309 e. The van der Waals surface area contributed by atoms with Crippen LogP contribution in [0.15, 0.2) is 83.9 Å². The lowest BCUT2D eigenvalue weighted by atomic mass is 9.71. The summed E-state index contributed by atoms with van der Waals surface area (Å²) < 4.78 is 0. The summed E-state index contributed by atoms with van der Waals surface area (Å²) in [4.78, 5) is 17.5. The fourth-order valence-corrected chi connectivity index (χ4v) is 3.50. The van der Waals surface area contributed by atoms with E-state index < -0.39 is 5.41 Å². The molecule has 1 amide bonds. The summed E-state index contributed by atoms with van der Waals surface area (Å²) in [5.41, 5.74) is 4.24. The number of nitrogens with one attached hydrogen (secondary N) is 1. The van der Waals surface area contributed by atoms with E-state index in [1.165, 1.54) is 5.56 Å². The zero-order chi connectivity index (χ0) is 18.1. The predicted octanol–water partition coefficient (Wildman–Crippen LogP) is 4.77. The van der Waals surface area contributed by atoms with Crippen molar-refractivity contribution in [3.8, 4) is 0 Å². The number of amides is 1. The van der Waals surface area contributed by atoms with Crippen LogP contribution >= 0.6 is 0 Å². The van der Waals surface area contributed by atoms with Crippen molar-refractivity contribution in [2.45, 2.75) is 19.3 Å². The van der Waals surface area contributed by atoms with Crippen molar-refractivity contribution in [3.05, 3.63) is 101 Å². The number of benzene rings is 3. The highest BCUT2D eigenvalue weighted by molar-refractivity contribution is 6.16. The number of aliphatic imine (C=N–C) groups is 1. The molecular formula is C23H20N2O. The number of aryl methyl sites for hydroxylation is 1. The van der Waals surface area contributed by atoms with E-state index in [1.807, 2.05) is 73.7 Å². The Bertz CT molecular complexity index is 990. The van der Waals surface area contributed by atoms with E-state index >= 15 is 0 Å². The fourth-order valence-electron chi connectivity index (χ4n) is 3.50. The lowest BCUT2D eigenvalue weighted by molar-refractivity contribution is 0.0968. The Hall–Kier alpha value is -3.20. The summed E-state index contributed by atoms with van der Waals surface area (Å²) in [5.74, 6) is 0.538. The molecule has 0 bridgehead atoms. The average Bonchev–Trinajstić information content (AvgIpc) is 2.68. The van der Waals surface area contributed by atoms with E-state index in [4.69, 9.17) is 4.99 Å². The van der Waals surface area contributed by atoms with E-state index in [1.54, 1.807) is 0 Å². The number of fused-ring (bicyclic) bond motifs is 1. The molecule has 3 aromatic rings. The van der Waals surface area contributed by atoms with Crippen LogP contribution in [0, 0.1) is 6.92 Å². The monoisotopic (exact) mass is 340 g/mol. The van der Waals surface area contributed by atoms with Gasteiger partial charge in [0.05, 0.1) is 11.1 Å². The van der Waals surface area contributed by atoms with Gasteiger partial charge in [0.25, 0.3) is 5.91 Å². The maximum absolute atomic E-state index is 12.7. The summed E-state index contributed by atoms with van der Waals surface area (Å²) in [7, 11) is 0. The maximum Gasteiger partial charge on any atom is 0.256 e. The van der Waals surface area contributed by atoms with Gasteiger partial charge in [0, 0.05) is 5.56 Å². The lowest BCUT2D eigenvalue weighted by Gasteiger charge is -2.37. The molecule has 0 fully saturated rings. The number of hydrogen-bond acceptors (Lipinski definition) is 2. The van der Waals surface area contributed by atoms with Crippen LogP contribution in [-0.2, 0) is 5.41 Å². The molecule has 0 aromatic heterocycles. The smallest absolute Gasteiger partial charge is 0.256 e. The fraction of sp³-hybridized carbons (Fsp3) is 0.130. The number of carbonyl (C=O) groups excluding carboxylic acids is 1. The molecule has 0 saturated carbocycles. The highest BCUT2D eigenvalue weighted by Gasteiger charge is 2.42. The first-order valence-corrected chi connectivity index (χ1v) is 8.71. The van der Waals surface area contributed by atoms with E-state index in [2.05, 4.69) is 24.4 Å². The summed E-state index contributed by atoms with van der Waals surface area (Å²) in [5, 5.41) is 3.04. The second-order valence-electron chi connectivity index (χ2n) is 6.79. The molecule has 4 rings (SSSR count). The van der Waals surface area contributed by atoms with Crippen molar-refractivity contribution >= 4 is 17.4 Å². The average molecular weight is 340 g/mol. The highest BCUT2D eigenvalue weighted by Crippen LogP contribution is 2.38. The molecule has 3 aromatic carbocycles. The molecule has 0 radical (unpaired) electrons. The van der Waals surface area contributed by atoms with Crippen LogP contribution in [0.2, 0.25) is 0 Å². The molecule has 1 aliphatic rings. The van der Waals surface area contributed by atoms with Gasteiger partial charge in [-0.15, -0.1) is 0 Å². The van der Waals surface area contributed by atoms with Crippen LogP contribution in [0.25, 0.3) is 0 Å². The van der Waals surface area contributed by atoms with Crippen LogP contribution in [0.1, 0.15) is 34.0 Å². The van der Waals surface area contributed by atoms with Crippen molar-refractivity contribution in [2.75, 3.05) is 0 Å². The minimum atomic E-state index is -0.531. The third kappa shape index (κ3) is 2.62. The third-order valence-corrected chi connectivity index (χ3v) is 5.04. The Morgan fingerprint density at radius 2 is 1.50 bits per heavy atom. The highest BCUT2D eigenvalue weighted by atomic mass is 16.1. The van der Waals surface area contributed by atoms with Gasteiger partial charge in [-0.1, -0.05) is 66.2 Å². The Balaban J connectivity index is 1.95. The number of carbonyl (C=O) groups is 1. The van der Waals surface area contributed by atoms with Crippen molar-refractivity contribution in [1.29, 1.82) is 0 Å². The number of amidine groups is 1. The molecule has 3 nitrogen and oxygen atoms in total. The van der Waals surface area contributed by atoms with Crippen molar-refractivity contribution in [1.82, 2.24) is 5.32 Å². The molecule has 0 aliphatic carbocycles. The Labute approximate surface area is 153 Å². The SMILES string of the molecule is Cc1ccc(N=C2NC(=O)c3ccccc3C2(C)c2ccccc2)cc1. The van der Waals surface area contributed by atoms with Crippen LogP contribution < -0.4 is 5.32 Å². The van der Waals surface area contributed by atoms with E-state index in [0.29, 0.717) is 11.4 Å². The molecule has 1 atom stereocenters. The summed E-state index contributed by atoms with van der Waals surface area (Å²) >= 11 is 0. The Morgan fingerprint density at radius 3 is 2.23 bits per heavy atom. The second-order valence-corrected chi connectivity index (χ2v) is 6.79. The van der Waals surface area contributed by atoms with Gasteiger partial charge in [0.15, 0.2) is 0 Å². The number of rotatable bonds is 2. The minimum Gasteiger partial charge on any atom is -0.309 e. The van der Waals surface area contributed by atoms with Gasteiger partial charge < -0.3 is 5.32 Å². The van der Waals surface area contributed by atoms with Gasteiger partial charge >= 0.3 is 0 Å². The zero-order valence-electron chi connectivity index (χ0n) is 14.9. The van der Waals surface area contributed by atoms with Gasteiger partial charge in [-0.25, -0.2) is 4.99 Å². The van der Waals surface area contributed by atoms with Crippen molar-refractivity contribution in [3.63, 3.8) is 0 Å². The molecule has 0 spiro atoms. The lowest BCUT2D eigenvalue weighted by Crippen LogP contribution is -2.51. The van der Waals surface area contributed by atoms with Crippen LogP contribution in [0.5, 0.6) is 0 Å². The summed E-state index contributed by atoms with van der Waals surface area (Å²) in [6.45, 7) is 4.16. The van der Waals surface area contributed by atoms with E-state index in [-0.39, 0.29) is 5.91 Å². The Kier molecular flexibility index (Phi) is 3.92. The molecule has 3 heteroatoms. The van der Waals surface area contributed by atoms with Gasteiger partial charge in [0.1, 0.15) is 5.84 Å². The van der Waals surface area contributed by atoms with Gasteiger partial charge in [-0.05, 0) is 43.2 Å². The zero-order valence-corrected chi connectivity index (χ0v) is 14.9. The molecule has 0 saturated heterocycles.